The van der Waals surface area contributed by atoms with Gasteiger partial charge in [0, 0.05) is 5.92 Å². The number of benzene rings is 1. The molecule has 70 valence electrons. The van der Waals surface area contributed by atoms with Crippen LogP contribution in [0.15, 0.2) is 42.5 Å². The van der Waals surface area contributed by atoms with Crippen molar-refractivity contribution in [2.45, 2.75) is 25.9 Å². The van der Waals surface area contributed by atoms with Crippen molar-refractivity contribution in [2.24, 2.45) is 0 Å². The highest BCUT2D eigenvalue weighted by Crippen LogP contribution is 2.22. The summed E-state index contributed by atoms with van der Waals surface area (Å²) in [6.07, 6.45) is -0.442. The first-order valence-electron chi connectivity index (χ1n) is 4.51. The van der Waals surface area contributed by atoms with Crippen LogP contribution >= 0.6 is 0 Å². The molecule has 1 aromatic rings. The molecule has 0 aliphatic heterocycles. The Kier molecular flexibility index (Phi) is 3.26. The third-order valence-electron chi connectivity index (χ3n) is 2.30. The van der Waals surface area contributed by atoms with Crippen LogP contribution in [0, 0.1) is 0 Å². The topological polar surface area (TPSA) is 20.2 Å². The summed E-state index contributed by atoms with van der Waals surface area (Å²) in [6.45, 7) is 7.61. The molecule has 0 aliphatic carbocycles. The Morgan fingerprint density at radius 3 is 2.31 bits per heavy atom. The molecule has 0 fully saturated rings. The van der Waals surface area contributed by atoms with Crippen LogP contribution in [0.1, 0.15) is 25.3 Å². The monoisotopic (exact) mass is 176 g/mol. The van der Waals surface area contributed by atoms with Crippen LogP contribution in [-0.2, 0) is 0 Å². The van der Waals surface area contributed by atoms with E-state index in [4.69, 9.17) is 0 Å². The maximum absolute atomic E-state index is 9.75. The summed E-state index contributed by atoms with van der Waals surface area (Å²) in [5.41, 5.74) is 1.97. The van der Waals surface area contributed by atoms with Crippen LogP contribution in [0.25, 0.3) is 0 Å². The van der Waals surface area contributed by atoms with Gasteiger partial charge in [-0.3, -0.25) is 0 Å². The van der Waals surface area contributed by atoms with E-state index in [1.54, 1.807) is 0 Å². The maximum atomic E-state index is 9.75. The molecule has 0 bridgehead atoms. The van der Waals surface area contributed by atoms with Crippen LogP contribution in [0.5, 0.6) is 0 Å². The van der Waals surface area contributed by atoms with Gasteiger partial charge in [0.25, 0.3) is 0 Å². The summed E-state index contributed by atoms with van der Waals surface area (Å²) in [5.74, 6) is 0.124. The number of rotatable bonds is 3. The van der Waals surface area contributed by atoms with E-state index in [9.17, 15) is 5.11 Å². The minimum atomic E-state index is -0.442. The van der Waals surface area contributed by atoms with E-state index in [2.05, 4.69) is 6.58 Å². The molecule has 13 heavy (non-hydrogen) atoms. The molecular formula is C12H16O. The summed E-state index contributed by atoms with van der Waals surface area (Å²) in [7, 11) is 0. The molecule has 0 aliphatic rings. The summed E-state index contributed by atoms with van der Waals surface area (Å²) in [4.78, 5) is 0. The average molecular weight is 176 g/mol. The van der Waals surface area contributed by atoms with E-state index in [-0.39, 0.29) is 5.92 Å². The first kappa shape index (κ1) is 10.0. The Morgan fingerprint density at radius 1 is 1.31 bits per heavy atom. The highest BCUT2D eigenvalue weighted by Gasteiger charge is 2.15. The zero-order chi connectivity index (χ0) is 9.84. The van der Waals surface area contributed by atoms with Gasteiger partial charge < -0.3 is 5.11 Å². The standard InChI is InChI=1S/C12H16O/c1-9(2)12(13)10(3)11-7-5-4-6-8-11/h4-8,10,12-13H,1H2,2-3H3. The second-order valence-corrected chi connectivity index (χ2v) is 3.49. The van der Waals surface area contributed by atoms with Crippen LogP contribution in [0.3, 0.4) is 0 Å². The molecule has 0 amide bonds. The van der Waals surface area contributed by atoms with Crippen LogP contribution in [-0.4, -0.2) is 11.2 Å². The summed E-state index contributed by atoms with van der Waals surface area (Å²) in [6, 6.07) is 9.99. The molecular weight excluding hydrogens is 160 g/mol. The molecule has 1 nitrogen and oxygen atoms in total. The zero-order valence-electron chi connectivity index (χ0n) is 8.20. The lowest BCUT2D eigenvalue weighted by Gasteiger charge is -2.19. The smallest absolute Gasteiger partial charge is 0.0810 e. The summed E-state index contributed by atoms with van der Waals surface area (Å²) < 4.78 is 0. The Balaban J connectivity index is 2.79. The van der Waals surface area contributed by atoms with Gasteiger partial charge in [-0.05, 0) is 12.5 Å². The van der Waals surface area contributed by atoms with Gasteiger partial charge in [0.2, 0.25) is 0 Å². The Morgan fingerprint density at radius 2 is 1.85 bits per heavy atom. The van der Waals surface area contributed by atoms with Gasteiger partial charge in [0.1, 0.15) is 0 Å². The normalized spacial score (nSPS) is 15.0. The van der Waals surface area contributed by atoms with Crippen molar-refractivity contribution >= 4 is 0 Å². The molecule has 1 aromatic carbocycles. The van der Waals surface area contributed by atoms with Crippen molar-refractivity contribution in [2.75, 3.05) is 0 Å². The lowest BCUT2D eigenvalue weighted by Crippen LogP contribution is -2.16. The van der Waals surface area contributed by atoms with Crippen LogP contribution in [0.2, 0.25) is 0 Å². The quantitative estimate of drug-likeness (QED) is 0.702. The summed E-state index contributed by atoms with van der Waals surface area (Å²) >= 11 is 0. The van der Waals surface area contributed by atoms with Crippen LogP contribution in [0.4, 0.5) is 0 Å². The molecule has 1 heteroatoms. The fraction of sp³-hybridized carbons (Fsp3) is 0.333. The number of aliphatic hydroxyl groups excluding tert-OH is 1. The second kappa shape index (κ2) is 4.24. The van der Waals surface area contributed by atoms with E-state index in [1.807, 2.05) is 44.2 Å². The Hall–Kier alpha value is -1.08. The van der Waals surface area contributed by atoms with E-state index < -0.39 is 6.10 Å². The molecule has 0 saturated carbocycles. The van der Waals surface area contributed by atoms with Crippen molar-refractivity contribution < 1.29 is 5.11 Å². The summed E-state index contributed by atoms with van der Waals surface area (Å²) in [5, 5.41) is 9.75. The molecule has 0 heterocycles. The van der Waals surface area contributed by atoms with Crippen molar-refractivity contribution in [1.82, 2.24) is 0 Å². The molecule has 0 aromatic heterocycles. The van der Waals surface area contributed by atoms with Gasteiger partial charge in [-0.15, -0.1) is 0 Å². The van der Waals surface area contributed by atoms with Gasteiger partial charge in [0.05, 0.1) is 6.10 Å². The SMILES string of the molecule is C=C(C)C(O)C(C)c1ccccc1. The Bertz CT molecular complexity index is 276. The number of aliphatic hydroxyl groups is 1. The van der Waals surface area contributed by atoms with E-state index in [0.717, 1.165) is 11.1 Å². The molecule has 0 radical (unpaired) electrons. The fourth-order valence-corrected chi connectivity index (χ4v) is 1.37. The lowest BCUT2D eigenvalue weighted by atomic mass is 9.92. The molecule has 0 saturated heterocycles. The number of hydrogen-bond donors (Lipinski definition) is 1. The molecule has 1 N–H and O–H groups in total. The van der Waals surface area contributed by atoms with Gasteiger partial charge in [-0.25, -0.2) is 0 Å². The first-order valence-corrected chi connectivity index (χ1v) is 4.51. The first-order chi connectivity index (χ1) is 6.13. The van der Waals surface area contributed by atoms with Gasteiger partial charge in [-0.1, -0.05) is 49.4 Å². The van der Waals surface area contributed by atoms with Gasteiger partial charge >= 0.3 is 0 Å². The lowest BCUT2D eigenvalue weighted by molar-refractivity contribution is 0.185. The minimum absolute atomic E-state index is 0.124. The zero-order valence-corrected chi connectivity index (χ0v) is 8.20. The van der Waals surface area contributed by atoms with Crippen LogP contribution < -0.4 is 0 Å². The minimum Gasteiger partial charge on any atom is -0.388 e. The Labute approximate surface area is 79.7 Å². The van der Waals surface area contributed by atoms with Crippen molar-refractivity contribution in [1.29, 1.82) is 0 Å². The maximum Gasteiger partial charge on any atom is 0.0810 e. The van der Waals surface area contributed by atoms with Gasteiger partial charge in [-0.2, -0.15) is 0 Å². The predicted molar refractivity (Wildman–Crippen MR) is 55.7 cm³/mol. The molecule has 2 atom stereocenters. The predicted octanol–water partition coefficient (Wildman–Crippen LogP) is 2.73. The third kappa shape index (κ3) is 2.43. The largest absolute Gasteiger partial charge is 0.388 e. The van der Waals surface area contributed by atoms with Crippen molar-refractivity contribution in [3.63, 3.8) is 0 Å². The highest BCUT2D eigenvalue weighted by atomic mass is 16.3. The molecule has 1 rings (SSSR count). The van der Waals surface area contributed by atoms with E-state index in [0.29, 0.717) is 0 Å². The average Bonchev–Trinajstić information content (AvgIpc) is 2.17. The van der Waals surface area contributed by atoms with E-state index >= 15 is 0 Å². The van der Waals surface area contributed by atoms with Crippen molar-refractivity contribution in [3.05, 3.63) is 48.0 Å². The number of hydrogen-bond acceptors (Lipinski definition) is 1. The third-order valence-corrected chi connectivity index (χ3v) is 2.30. The van der Waals surface area contributed by atoms with E-state index in [1.165, 1.54) is 0 Å². The van der Waals surface area contributed by atoms with Crippen molar-refractivity contribution in [3.8, 4) is 0 Å². The highest BCUT2D eigenvalue weighted by molar-refractivity contribution is 5.22. The fourth-order valence-electron chi connectivity index (χ4n) is 1.37. The molecule has 2 unspecified atom stereocenters. The van der Waals surface area contributed by atoms with Gasteiger partial charge in [0.15, 0.2) is 0 Å². The second-order valence-electron chi connectivity index (χ2n) is 3.49. The molecule has 0 spiro atoms.